The van der Waals surface area contributed by atoms with E-state index in [1.807, 2.05) is 18.4 Å². The Bertz CT molecular complexity index is 804. The molecule has 3 aromatic heterocycles. The van der Waals surface area contributed by atoms with Gasteiger partial charge in [0, 0.05) is 15.8 Å². The number of halogens is 1. The predicted molar refractivity (Wildman–Crippen MR) is 97.6 cm³/mol. The maximum atomic E-state index is 9.17. The van der Waals surface area contributed by atoms with E-state index in [1.54, 1.807) is 22.7 Å². The Morgan fingerprint density at radius 1 is 1.43 bits per heavy atom. The summed E-state index contributed by atoms with van der Waals surface area (Å²) in [5, 5.41) is 14.8. The van der Waals surface area contributed by atoms with Crippen molar-refractivity contribution in [1.29, 1.82) is 0 Å². The number of aromatic nitrogens is 2. The van der Waals surface area contributed by atoms with Crippen LogP contribution >= 0.6 is 34.3 Å². The van der Waals surface area contributed by atoms with Crippen molar-refractivity contribution in [3.05, 3.63) is 38.1 Å². The Kier molecular flexibility index (Phi) is 5.13. The van der Waals surface area contributed by atoms with Crippen LogP contribution in [0.1, 0.15) is 15.3 Å². The van der Waals surface area contributed by atoms with E-state index in [4.69, 9.17) is 22.4 Å². The largest absolute Gasteiger partial charge is 0.395 e. The van der Waals surface area contributed by atoms with Crippen molar-refractivity contribution >= 4 is 50.3 Å². The second kappa shape index (κ2) is 7.11. The highest BCUT2D eigenvalue weighted by Crippen LogP contribution is 2.35. The van der Waals surface area contributed by atoms with Crippen LogP contribution in [-0.4, -0.2) is 27.7 Å². The number of aryl methyl sites for hydroxylation is 1. The number of anilines is 1. The number of hydrogen-bond donors (Lipinski definition) is 3. The minimum Gasteiger partial charge on any atom is -0.395 e. The van der Waals surface area contributed by atoms with Gasteiger partial charge in [-0.3, -0.25) is 0 Å². The Balaban J connectivity index is 1.95. The second-order valence-corrected chi connectivity index (χ2v) is 7.72. The molecule has 0 aliphatic rings. The lowest BCUT2D eigenvalue weighted by Gasteiger charge is -2.06. The number of nitrogens with two attached hydrogens (primary N) is 1. The molecule has 0 aromatic carbocycles. The molecule has 0 aliphatic carbocycles. The fourth-order valence-corrected chi connectivity index (χ4v) is 4.42. The minimum atomic E-state index is -0.271. The van der Waals surface area contributed by atoms with Gasteiger partial charge in [0.1, 0.15) is 5.82 Å². The predicted octanol–water partition coefficient (Wildman–Crippen LogP) is 3.19. The van der Waals surface area contributed by atoms with Crippen LogP contribution in [0, 0.1) is 6.92 Å². The number of nitrogens with zero attached hydrogens (tertiary/aromatic N) is 2. The SMILES string of the molecule is Cc1c(CC(N)CO)sc2c(NCc3cccs3)nc(Cl)nc12. The molecule has 3 heterocycles. The summed E-state index contributed by atoms with van der Waals surface area (Å²) in [6.07, 6.45) is 0.616. The Morgan fingerprint density at radius 2 is 2.26 bits per heavy atom. The van der Waals surface area contributed by atoms with Crippen LogP contribution in [0.3, 0.4) is 0 Å². The van der Waals surface area contributed by atoms with Gasteiger partial charge in [0.05, 0.1) is 23.4 Å². The van der Waals surface area contributed by atoms with Gasteiger partial charge >= 0.3 is 0 Å². The molecule has 4 N–H and O–H groups in total. The molecule has 0 amide bonds. The van der Waals surface area contributed by atoms with Gasteiger partial charge in [0.25, 0.3) is 0 Å². The van der Waals surface area contributed by atoms with Gasteiger partial charge in [-0.1, -0.05) is 6.07 Å². The molecule has 23 heavy (non-hydrogen) atoms. The van der Waals surface area contributed by atoms with Gasteiger partial charge in [0.2, 0.25) is 5.28 Å². The lowest BCUT2D eigenvalue weighted by molar-refractivity contribution is 0.265. The lowest BCUT2D eigenvalue weighted by atomic mass is 10.1. The van der Waals surface area contributed by atoms with Gasteiger partial charge < -0.3 is 16.2 Å². The summed E-state index contributed by atoms with van der Waals surface area (Å²) < 4.78 is 0.976. The van der Waals surface area contributed by atoms with Gasteiger partial charge in [0.15, 0.2) is 0 Å². The number of nitrogens with one attached hydrogen (secondary N) is 1. The van der Waals surface area contributed by atoms with Crippen molar-refractivity contribution in [3.8, 4) is 0 Å². The molecule has 0 spiro atoms. The average molecular weight is 369 g/mol. The molecule has 0 saturated carbocycles. The van der Waals surface area contributed by atoms with Crippen LogP contribution in [0.25, 0.3) is 10.2 Å². The Labute approximate surface area is 147 Å². The van der Waals surface area contributed by atoms with Crippen molar-refractivity contribution in [1.82, 2.24) is 9.97 Å². The van der Waals surface area contributed by atoms with Crippen LogP contribution in [0.4, 0.5) is 5.82 Å². The number of rotatable bonds is 6. The summed E-state index contributed by atoms with van der Waals surface area (Å²) in [5.74, 6) is 0.741. The topological polar surface area (TPSA) is 84.1 Å². The van der Waals surface area contributed by atoms with Crippen LogP contribution in [0.15, 0.2) is 17.5 Å². The first kappa shape index (κ1) is 16.6. The van der Waals surface area contributed by atoms with Gasteiger partial charge in [-0.05, 0) is 42.0 Å². The molecule has 0 saturated heterocycles. The Hall–Kier alpha value is -1.25. The van der Waals surface area contributed by atoms with Gasteiger partial charge in [-0.25, -0.2) is 4.98 Å². The first-order chi connectivity index (χ1) is 11.1. The second-order valence-electron chi connectivity index (χ2n) is 5.25. The molecule has 8 heteroatoms. The van der Waals surface area contributed by atoms with E-state index in [0.717, 1.165) is 26.5 Å². The van der Waals surface area contributed by atoms with E-state index in [-0.39, 0.29) is 17.9 Å². The molecule has 5 nitrogen and oxygen atoms in total. The summed E-state index contributed by atoms with van der Waals surface area (Å²) in [7, 11) is 0. The molecule has 0 aliphatic heterocycles. The highest BCUT2D eigenvalue weighted by atomic mass is 35.5. The van der Waals surface area contributed by atoms with Crippen molar-refractivity contribution in [2.45, 2.75) is 25.9 Å². The molecule has 1 unspecified atom stereocenters. The third-order valence-corrected chi connectivity index (χ3v) is 5.88. The number of aliphatic hydroxyl groups excluding tert-OH is 1. The summed E-state index contributed by atoms with van der Waals surface area (Å²) in [6.45, 7) is 2.66. The highest BCUT2D eigenvalue weighted by Gasteiger charge is 2.17. The zero-order chi connectivity index (χ0) is 16.4. The third-order valence-electron chi connectivity index (χ3n) is 3.53. The lowest BCUT2D eigenvalue weighted by Crippen LogP contribution is -2.26. The highest BCUT2D eigenvalue weighted by molar-refractivity contribution is 7.19. The summed E-state index contributed by atoms with van der Waals surface area (Å²) in [5.41, 5.74) is 7.77. The van der Waals surface area contributed by atoms with Crippen LogP contribution < -0.4 is 11.1 Å². The first-order valence-electron chi connectivity index (χ1n) is 7.16. The van der Waals surface area contributed by atoms with Crippen molar-refractivity contribution in [2.24, 2.45) is 5.73 Å². The summed E-state index contributed by atoms with van der Waals surface area (Å²) in [4.78, 5) is 11.0. The van der Waals surface area contributed by atoms with Crippen molar-refractivity contribution in [2.75, 3.05) is 11.9 Å². The van der Waals surface area contributed by atoms with E-state index in [2.05, 4.69) is 21.4 Å². The fourth-order valence-electron chi connectivity index (χ4n) is 2.31. The quantitative estimate of drug-likeness (QED) is 0.582. The molecule has 0 radical (unpaired) electrons. The molecule has 1 atom stereocenters. The van der Waals surface area contributed by atoms with E-state index in [0.29, 0.717) is 13.0 Å². The molecule has 0 bridgehead atoms. The zero-order valence-electron chi connectivity index (χ0n) is 12.5. The summed E-state index contributed by atoms with van der Waals surface area (Å²) in [6, 6.07) is 3.82. The maximum absolute atomic E-state index is 9.17. The molecule has 122 valence electrons. The van der Waals surface area contributed by atoms with Crippen LogP contribution in [0.2, 0.25) is 5.28 Å². The molecule has 0 fully saturated rings. The fraction of sp³-hybridized carbons (Fsp3) is 0.333. The van der Waals surface area contributed by atoms with Crippen molar-refractivity contribution < 1.29 is 5.11 Å². The number of aliphatic hydroxyl groups is 1. The standard InChI is InChI=1S/C15H17ClN4OS2/c1-8-11(5-9(17)7-21)23-13-12(8)19-15(16)20-14(13)18-6-10-3-2-4-22-10/h2-4,9,21H,5-7,17H2,1H3,(H,18,19,20). The molecular formula is C15H17ClN4OS2. The van der Waals surface area contributed by atoms with Gasteiger partial charge in [-0.2, -0.15) is 4.98 Å². The van der Waals surface area contributed by atoms with Gasteiger partial charge in [-0.15, -0.1) is 22.7 Å². The average Bonchev–Trinajstić information content (AvgIpc) is 3.15. The number of fused-ring (bicyclic) bond motifs is 1. The molecule has 3 aromatic rings. The molecular weight excluding hydrogens is 352 g/mol. The first-order valence-corrected chi connectivity index (χ1v) is 9.24. The Morgan fingerprint density at radius 3 is 2.96 bits per heavy atom. The van der Waals surface area contributed by atoms with E-state index < -0.39 is 0 Å². The maximum Gasteiger partial charge on any atom is 0.224 e. The minimum absolute atomic E-state index is 0.0381. The van der Waals surface area contributed by atoms with Crippen LogP contribution in [0.5, 0.6) is 0 Å². The third kappa shape index (κ3) is 3.64. The van der Waals surface area contributed by atoms with E-state index in [9.17, 15) is 0 Å². The van der Waals surface area contributed by atoms with Crippen LogP contribution in [-0.2, 0) is 13.0 Å². The number of hydrogen-bond acceptors (Lipinski definition) is 7. The normalized spacial score (nSPS) is 12.7. The van der Waals surface area contributed by atoms with E-state index in [1.165, 1.54) is 4.88 Å². The molecule has 3 rings (SSSR count). The van der Waals surface area contributed by atoms with E-state index >= 15 is 0 Å². The monoisotopic (exact) mass is 368 g/mol. The van der Waals surface area contributed by atoms with Crippen molar-refractivity contribution in [3.63, 3.8) is 0 Å². The zero-order valence-corrected chi connectivity index (χ0v) is 14.9. The smallest absolute Gasteiger partial charge is 0.224 e. The number of thiophene rings is 2. The summed E-state index contributed by atoms with van der Waals surface area (Å²) >= 11 is 9.38.